The second kappa shape index (κ2) is 8.68. The number of carbonyl (C=O) groups is 2. The summed E-state index contributed by atoms with van der Waals surface area (Å²) < 4.78 is 0. The van der Waals surface area contributed by atoms with Crippen molar-refractivity contribution in [1.29, 1.82) is 0 Å². The van der Waals surface area contributed by atoms with E-state index < -0.39 is 5.97 Å². The Morgan fingerprint density at radius 3 is 2.44 bits per heavy atom. The minimum absolute atomic E-state index is 0.133. The van der Waals surface area contributed by atoms with Gasteiger partial charge in [-0.2, -0.15) is 0 Å². The summed E-state index contributed by atoms with van der Waals surface area (Å²) in [6.45, 7) is 6.08. The summed E-state index contributed by atoms with van der Waals surface area (Å²) in [5.41, 5.74) is 3.64. The maximum atomic E-state index is 11.5. The summed E-state index contributed by atoms with van der Waals surface area (Å²) in [5, 5.41) is 12.5. The Labute approximate surface area is 159 Å². The average Bonchev–Trinajstić information content (AvgIpc) is 2.69. The van der Waals surface area contributed by atoms with Gasteiger partial charge in [0.2, 0.25) is 5.91 Å². The van der Waals surface area contributed by atoms with E-state index in [-0.39, 0.29) is 5.91 Å². The minimum atomic E-state index is -0.910. The minimum Gasteiger partial charge on any atom is -0.478 e. The first-order chi connectivity index (χ1) is 13.0. The van der Waals surface area contributed by atoms with E-state index >= 15 is 0 Å². The number of carboxylic acids is 1. The van der Waals surface area contributed by atoms with E-state index in [1.807, 2.05) is 23.1 Å². The number of hydrogen-bond acceptors (Lipinski definition) is 4. The Balaban J connectivity index is 1.61. The topological polar surface area (TPSA) is 72.9 Å². The van der Waals surface area contributed by atoms with Crippen LogP contribution in [0.2, 0.25) is 0 Å². The fraction of sp³-hybridized carbons (Fsp3) is 0.333. The van der Waals surface area contributed by atoms with Crippen LogP contribution in [0.15, 0.2) is 48.5 Å². The lowest BCUT2D eigenvalue weighted by Crippen LogP contribution is -2.48. The number of nitrogens with one attached hydrogen (secondary N) is 1. The molecule has 0 unspecified atom stereocenters. The Hall–Kier alpha value is -2.86. The van der Waals surface area contributed by atoms with Gasteiger partial charge >= 0.3 is 5.97 Å². The molecule has 0 aliphatic carbocycles. The van der Waals surface area contributed by atoms with Gasteiger partial charge in [-0.15, -0.1) is 0 Å². The van der Waals surface area contributed by atoms with E-state index in [1.54, 1.807) is 25.1 Å². The van der Waals surface area contributed by atoms with Crippen molar-refractivity contribution in [3.8, 4) is 0 Å². The number of carboxylic acid groups (broad SMARTS) is 1. The van der Waals surface area contributed by atoms with E-state index in [9.17, 15) is 9.59 Å². The lowest BCUT2D eigenvalue weighted by Gasteiger charge is -2.36. The monoisotopic (exact) mass is 367 g/mol. The second-order valence-electron chi connectivity index (χ2n) is 6.73. The summed E-state index contributed by atoms with van der Waals surface area (Å²) in [5.74, 6) is -0.778. The van der Waals surface area contributed by atoms with E-state index in [0.29, 0.717) is 18.7 Å². The predicted octanol–water partition coefficient (Wildman–Crippen LogP) is 2.34. The van der Waals surface area contributed by atoms with Gasteiger partial charge in [0.25, 0.3) is 0 Å². The summed E-state index contributed by atoms with van der Waals surface area (Å²) in [6.07, 6.45) is 0. The molecule has 142 valence electrons. The molecule has 0 radical (unpaired) electrons. The van der Waals surface area contributed by atoms with Gasteiger partial charge in [-0.25, -0.2) is 4.79 Å². The van der Waals surface area contributed by atoms with Crippen molar-refractivity contribution in [1.82, 2.24) is 10.2 Å². The molecule has 1 amide bonds. The van der Waals surface area contributed by atoms with E-state index in [2.05, 4.69) is 22.3 Å². The third-order valence-corrected chi connectivity index (χ3v) is 4.88. The SMILES string of the molecule is CC(=O)N1CCN(c2ccccc2CNCc2cccc(C(=O)O)c2)CC1. The molecule has 0 saturated carbocycles. The quantitative estimate of drug-likeness (QED) is 0.820. The average molecular weight is 367 g/mol. The first-order valence-corrected chi connectivity index (χ1v) is 9.16. The molecule has 1 heterocycles. The van der Waals surface area contributed by atoms with Crippen LogP contribution in [0.4, 0.5) is 5.69 Å². The fourth-order valence-electron chi connectivity index (χ4n) is 3.39. The molecule has 2 aromatic carbocycles. The van der Waals surface area contributed by atoms with Crippen molar-refractivity contribution >= 4 is 17.6 Å². The number of piperazine rings is 1. The smallest absolute Gasteiger partial charge is 0.335 e. The molecular weight excluding hydrogens is 342 g/mol. The van der Waals surface area contributed by atoms with Crippen molar-refractivity contribution in [2.75, 3.05) is 31.1 Å². The molecule has 1 aliphatic heterocycles. The summed E-state index contributed by atoms with van der Waals surface area (Å²) in [7, 11) is 0. The normalized spacial score (nSPS) is 14.3. The molecular formula is C21H25N3O3. The number of hydrogen-bond donors (Lipinski definition) is 2. The van der Waals surface area contributed by atoms with Gasteiger partial charge in [0.15, 0.2) is 0 Å². The number of amides is 1. The summed E-state index contributed by atoms with van der Waals surface area (Å²) in [4.78, 5) is 26.8. The zero-order valence-electron chi connectivity index (χ0n) is 15.5. The molecule has 1 fully saturated rings. The maximum absolute atomic E-state index is 11.5. The zero-order valence-corrected chi connectivity index (χ0v) is 15.5. The highest BCUT2D eigenvalue weighted by Crippen LogP contribution is 2.22. The van der Waals surface area contributed by atoms with Crippen LogP contribution in [0.5, 0.6) is 0 Å². The molecule has 3 rings (SSSR count). The van der Waals surface area contributed by atoms with Crippen LogP contribution in [0.25, 0.3) is 0 Å². The van der Waals surface area contributed by atoms with Crippen LogP contribution in [0.1, 0.15) is 28.4 Å². The predicted molar refractivity (Wildman–Crippen MR) is 105 cm³/mol. The van der Waals surface area contributed by atoms with Crippen molar-refractivity contribution < 1.29 is 14.7 Å². The van der Waals surface area contributed by atoms with E-state index in [1.165, 1.54) is 11.3 Å². The molecule has 2 N–H and O–H groups in total. The largest absolute Gasteiger partial charge is 0.478 e. The van der Waals surface area contributed by atoms with Gasteiger partial charge < -0.3 is 20.2 Å². The van der Waals surface area contributed by atoms with Gasteiger partial charge in [0, 0.05) is 51.9 Å². The fourth-order valence-corrected chi connectivity index (χ4v) is 3.39. The number of nitrogens with zero attached hydrogens (tertiary/aromatic N) is 2. The maximum Gasteiger partial charge on any atom is 0.335 e. The third kappa shape index (κ3) is 4.86. The van der Waals surface area contributed by atoms with Gasteiger partial charge in [-0.05, 0) is 29.3 Å². The molecule has 0 bridgehead atoms. The van der Waals surface area contributed by atoms with Crippen molar-refractivity contribution in [3.05, 3.63) is 65.2 Å². The van der Waals surface area contributed by atoms with Crippen molar-refractivity contribution in [3.63, 3.8) is 0 Å². The standard InChI is InChI=1S/C21H25N3O3/c1-16(25)23-9-11-24(12-10-23)20-8-3-2-6-19(20)15-22-14-17-5-4-7-18(13-17)21(26)27/h2-8,13,22H,9-12,14-15H2,1H3,(H,26,27). The van der Waals surface area contributed by atoms with Crippen LogP contribution >= 0.6 is 0 Å². The number of aromatic carboxylic acids is 1. The molecule has 6 nitrogen and oxygen atoms in total. The lowest BCUT2D eigenvalue weighted by atomic mass is 10.1. The summed E-state index contributed by atoms with van der Waals surface area (Å²) in [6, 6.07) is 15.3. The Morgan fingerprint density at radius 1 is 1.00 bits per heavy atom. The van der Waals surface area contributed by atoms with Crippen LogP contribution in [-0.4, -0.2) is 48.1 Å². The molecule has 0 aromatic heterocycles. The highest BCUT2D eigenvalue weighted by atomic mass is 16.4. The van der Waals surface area contributed by atoms with Crippen LogP contribution in [-0.2, 0) is 17.9 Å². The second-order valence-corrected chi connectivity index (χ2v) is 6.73. The van der Waals surface area contributed by atoms with Gasteiger partial charge in [-0.1, -0.05) is 30.3 Å². The first-order valence-electron chi connectivity index (χ1n) is 9.16. The molecule has 1 saturated heterocycles. The first kappa shape index (κ1) is 18.9. The Morgan fingerprint density at radius 2 is 1.74 bits per heavy atom. The van der Waals surface area contributed by atoms with Crippen LogP contribution in [0.3, 0.4) is 0 Å². The highest BCUT2D eigenvalue weighted by Gasteiger charge is 2.20. The molecule has 0 atom stereocenters. The van der Waals surface area contributed by atoms with Gasteiger partial charge in [-0.3, -0.25) is 4.79 Å². The number of carbonyl (C=O) groups excluding carboxylic acids is 1. The van der Waals surface area contributed by atoms with Crippen LogP contribution < -0.4 is 10.2 Å². The molecule has 2 aromatic rings. The van der Waals surface area contributed by atoms with Crippen LogP contribution in [0, 0.1) is 0 Å². The molecule has 27 heavy (non-hydrogen) atoms. The summed E-state index contributed by atoms with van der Waals surface area (Å²) >= 11 is 0. The molecule has 6 heteroatoms. The Kier molecular flexibility index (Phi) is 6.08. The molecule has 0 spiro atoms. The van der Waals surface area contributed by atoms with E-state index in [4.69, 9.17) is 5.11 Å². The van der Waals surface area contributed by atoms with Gasteiger partial charge in [0.1, 0.15) is 0 Å². The number of rotatable bonds is 6. The lowest BCUT2D eigenvalue weighted by molar-refractivity contribution is -0.129. The van der Waals surface area contributed by atoms with Crippen molar-refractivity contribution in [2.24, 2.45) is 0 Å². The highest BCUT2D eigenvalue weighted by molar-refractivity contribution is 5.87. The van der Waals surface area contributed by atoms with Crippen molar-refractivity contribution in [2.45, 2.75) is 20.0 Å². The zero-order chi connectivity index (χ0) is 19.2. The number of para-hydroxylation sites is 1. The Bertz CT molecular complexity index is 814. The third-order valence-electron chi connectivity index (χ3n) is 4.88. The molecule has 1 aliphatic rings. The van der Waals surface area contributed by atoms with Gasteiger partial charge in [0.05, 0.1) is 5.56 Å². The van der Waals surface area contributed by atoms with E-state index in [0.717, 1.165) is 31.7 Å². The number of benzene rings is 2. The number of anilines is 1.